The van der Waals surface area contributed by atoms with Crippen LogP contribution in [-0.2, 0) is 18.2 Å². The molecule has 11 heteroatoms. The van der Waals surface area contributed by atoms with Crippen molar-refractivity contribution >= 4 is 22.1 Å². The first-order valence-corrected chi connectivity index (χ1v) is 11.8. The van der Waals surface area contributed by atoms with Gasteiger partial charge in [-0.25, -0.2) is 0 Å². The molecule has 2 nitrogen and oxygen atoms in total. The standard InChI is InChI=1S/C17H23F6O2P.ClH.Pd/c1-14(2,3)26(7,15(4,5)6)13-9-11(24-16(18,19)20)8-12(10-13)25-17(21,22)23;;/h8-10H,7H2,1-6H3;1H;/q;;+2/p-1. The second kappa shape index (κ2) is 9.29. The van der Waals surface area contributed by atoms with Gasteiger partial charge < -0.3 is 9.47 Å². The number of halogens is 7. The molecule has 0 aliphatic rings. The number of alkyl halides is 6. The fourth-order valence-corrected chi connectivity index (χ4v) is 7.20. The van der Waals surface area contributed by atoms with Gasteiger partial charge in [-0.3, -0.25) is 0 Å². The van der Waals surface area contributed by atoms with Crippen molar-refractivity contribution in [2.75, 3.05) is 0 Å². The van der Waals surface area contributed by atoms with E-state index in [1.807, 2.05) is 41.5 Å². The van der Waals surface area contributed by atoms with Crippen LogP contribution in [0.2, 0.25) is 0 Å². The molecule has 28 heavy (non-hydrogen) atoms. The Kier molecular flexibility index (Phi) is 9.22. The molecule has 0 spiro atoms. The van der Waals surface area contributed by atoms with Crippen molar-refractivity contribution in [2.24, 2.45) is 0 Å². The molecule has 0 unspecified atom stereocenters. The minimum atomic E-state index is -5.04. The first kappa shape index (κ1) is 27.8. The third kappa shape index (κ3) is 7.55. The average molecular weight is 546 g/mol. The zero-order chi connectivity index (χ0) is 22.8. The van der Waals surface area contributed by atoms with Crippen molar-refractivity contribution in [1.82, 2.24) is 0 Å². The number of hydrogen-bond donors (Lipinski definition) is 0. The zero-order valence-corrected chi connectivity index (χ0v) is 19.4. The number of ether oxygens (including phenoxy) is 2. The molecule has 0 atom stereocenters. The second-order valence-electron chi connectivity index (χ2n) is 7.91. The van der Waals surface area contributed by atoms with Crippen LogP contribution in [-0.4, -0.2) is 23.0 Å². The molecular weight excluding hydrogens is 523 g/mol. The normalized spacial score (nSPS) is 13.6. The quantitative estimate of drug-likeness (QED) is 0.173. The van der Waals surface area contributed by atoms with Crippen molar-refractivity contribution in [3.63, 3.8) is 0 Å². The Balaban J connectivity index is 0.00000352. The maximum absolute atomic E-state index is 12.6. The SMILES string of the molecule is [CH2-][P+](c1cc(OC(F)(F)F)cc(OC(F)(F)F)c1)(C(C)(C)C)C(C)(C)C.[Cl][Pd+]. The van der Waals surface area contributed by atoms with Gasteiger partial charge in [0.25, 0.3) is 0 Å². The molecule has 0 radical (unpaired) electrons. The second-order valence-corrected chi connectivity index (χ2v) is 12.7. The van der Waals surface area contributed by atoms with Crippen LogP contribution in [0.25, 0.3) is 0 Å². The Morgan fingerprint density at radius 1 is 0.750 bits per heavy atom. The summed E-state index contributed by atoms with van der Waals surface area (Å²) in [5.41, 5.74) is 0. The van der Waals surface area contributed by atoms with Crippen LogP contribution in [0.5, 0.6) is 11.5 Å². The molecule has 0 amide bonds. The number of rotatable bonds is 3. The maximum atomic E-state index is 12.6. The van der Waals surface area contributed by atoms with Gasteiger partial charge in [-0.2, -0.15) is 6.66 Å². The molecule has 1 aromatic rings. The molecule has 0 aromatic heterocycles. The molecule has 0 bridgehead atoms. The summed E-state index contributed by atoms with van der Waals surface area (Å²) in [6.07, 6.45) is -10.1. The average Bonchev–Trinajstić information content (AvgIpc) is 2.42. The molecule has 0 aliphatic carbocycles. The van der Waals surface area contributed by atoms with Gasteiger partial charge in [-0.05, 0) is 41.5 Å². The summed E-state index contributed by atoms with van der Waals surface area (Å²) < 4.78 is 83.4. The van der Waals surface area contributed by atoms with E-state index in [2.05, 4.69) is 43.8 Å². The van der Waals surface area contributed by atoms with Crippen LogP contribution in [0.4, 0.5) is 26.3 Å². The molecule has 166 valence electrons. The van der Waals surface area contributed by atoms with Gasteiger partial charge in [0.05, 0.1) is 15.6 Å². The van der Waals surface area contributed by atoms with Gasteiger partial charge in [0, 0.05) is 18.2 Å². The van der Waals surface area contributed by atoms with Crippen molar-refractivity contribution < 1.29 is 54.0 Å². The van der Waals surface area contributed by atoms with E-state index in [0.29, 0.717) is 6.07 Å². The monoisotopic (exact) mass is 545 g/mol. The predicted octanol–water partition coefficient (Wildman–Crippen LogP) is 7.20. The van der Waals surface area contributed by atoms with Gasteiger partial charge in [-0.15, -0.1) is 26.3 Å². The first-order valence-electron chi connectivity index (χ1n) is 7.79. The van der Waals surface area contributed by atoms with Gasteiger partial charge >= 0.3 is 40.4 Å². The Morgan fingerprint density at radius 3 is 1.25 bits per heavy atom. The van der Waals surface area contributed by atoms with Crippen molar-refractivity contribution in [3.8, 4) is 11.5 Å². The number of benzene rings is 1. The van der Waals surface area contributed by atoms with Gasteiger partial charge in [-0.1, -0.05) is 7.26 Å². The fraction of sp³-hybridized carbons (Fsp3) is 0.588. The van der Waals surface area contributed by atoms with Crippen LogP contribution in [0.3, 0.4) is 0 Å². The molecule has 0 fully saturated rings. The first-order chi connectivity index (χ1) is 12.3. The molecule has 0 saturated carbocycles. The Labute approximate surface area is 177 Å². The topological polar surface area (TPSA) is 18.5 Å². The predicted molar refractivity (Wildman–Crippen MR) is 97.1 cm³/mol. The van der Waals surface area contributed by atoms with E-state index >= 15 is 0 Å². The summed E-state index contributed by atoms with van der Waals surface area (Å²) in [5.74, 6) is -1.54. The summed E-state index contributed by atoms with van der Waals surface area (Å²) in [6, 6.07) is 2.78. The van der Waals surface area contributed by atoms with Crippen LogP contribution in [0, 0.1) is 6.66 Å². The van der Waals surface area contributed by atoms with E-state index in [4.69, 9.17) is 0 Å². The third-order valence-corrected chi connectivity index (χ3v) is 9.78. The molecule has 0 heterocycles. The van der Waals surface area contributed by atoms with Crippen molar-refractivity contribution in [3.05, 3.63) is 24.9 Å². The van der Waals surface area contributed by atoms with Crippen LogP contribution in [0.1, 0.15) is 41.5 Å². The summed E-state index contributed by atoms with van der Waals surface area (Å²) in [7, 11) is 1.97. The van der Waals surface area contributed by atoms with E-state index in [0.717, 1.165) is 12.1 Å². The molecule has 0 aliphatic heterocycles. The van der Waals surface area contributed by atoms with Crippen molar-refractivity contribution in [1.29, 1.82) is 0 Å². The molecule has 1 aromatic carbocycles. The Bertz CT molecular complexity index is 603. The van der Waals surface area contributed by atoms with Crippen LogP contribution in [0.15, 0.2) is 18.2 Å². The van der Waals surface area contributed by atoms with Crippen LogP contribution >= 0.6 is 16.8 Å². The Hall–Kier alpha value is -0.218. The molecule has 0 N–H and O–H groups in total. The zero-order valence-electron chi connectivity index (χ0n) is 16.2. The Morgan fingerprint density at radius 2 is 1.04 bits per heavy atom. The minimum absolute atomic E-state index is 0.263. The molecule has 1 rings (SSSR count). The van der Waals surface area contributed by atoms with Crippen molar-refractivity contribution in [2.45, 2.75) is 64.6 Å². The van der Waals surface area contributed by atoms with E-state index in [1.54, 1.807) is 0 Å². The van der Waals surface area contributed by atoms with Crippen LogP contribution < -0.4 is 14.8 Å². The molecular formula is C17H23ClF6O2PPd+. The summed E-state index contributed by atoms with van der Waals surface area (Å²) in [4.78, 5) is 0. The van der Waals surface area contributed by atoms with Gasteiger partial charge in [0.15, 0.2) is 0 Å². The van der Waals surface area contributed by atoms with E-state index in [9.17, 15) is 26.3 Å². The van der Waals surface area contributed by atoms with E-state index < -0.39 is 41.8 Å². The summed E-state index contributed by atoms with van der Waals surface area (Å²) in [5, 5.41) is -0.714. The van der Waals surface area contributed by atoms with Gasteiger partial charge in [0.1, 0.15) is 11.5 Å². The molecule has 0 saturated heterocycles. The third-order valence-electron chi connectivity index (χ3n) is 4.06. The fourth-order valence-electron chi connectivity index (χ4n) is 2.94. The summed E-state index contributed by atoms with van der Waals surface area (Å²) in [6.45, 7) is 15.5. The van der Waals surface area contributed by atoms with Gasteiger partial charge in [0.2, 0.25) is 0 Å². The summed E-state index contributed by atoms with van der Waals surface area (Å²) >= 11 is 2.22. The van der Waals surface area contributed by atoms with E-state index in [-0.39, 0.29) is 5.30 Å². The number of hydrogen-bond acceptors (Lipinski definition) is 2. The van der Waals surface area contributed by atoms with E-state index in [1.165, 1.54) is 0 Å².